The molecule has 2 N–H and O–H groups in total. The van der Waals surface area contributed by atoms with Crippen LogP contribution in [0.5, 0.6) is 0 Å². The second-order valence-electron chi connectivity index (χ2n) is 4.59. The first-order valence-electron chi connectivity index (χ1n) is 6.31. The molecule has 1 atom stereocenters. The second kappa shape index (κ2) is 8.39. The molecule has 0 aliphatic carbocycles. The number of carbonyl (C=O) groups excluding carboxylic acids is 2. The van der Waals surface area contributed by atoms with Crippen LogP contribution in [-0.2, 0) is 9.59 Å². The van der Waals surface area contributed by atoms with E-state index in [2.05, 4.69) is 0 Å². The van der Waals surface area contributed by atoms with Gasteiger partial charge in [-0.1, -0.05) is 30.3 Å². The van der Waals surface area contributed by atoms with Crippen LogP contribution in [0, 0.1) is 0 Å². The van der Waals surface area contributed by atoms with Crippen molar-refractivity contribution >= 4 is 12.7 Å². The van der Waals surface area contributed by atoms with Gasteiger partial charge in [0.15, 0.2) is 0 Å². The number of carbonyl (C=O) groups is 2. The van der Waals surface area contributed by atoms with Gasteiger partial charge in [-0.15, -0.1) is 0 Å². The highest BCUT2D eigenvalue weighted by Crippen LogP contribution is 2.19. The monoisotopic (exact) mass is 263 g/mol. The molecule has 1 aromatic rings. The molecule has 0 spiro atoms. The molecular weight excluding hydrogens is 242 g/mol. The van der Waals surface area contributed by atoms with Crippen molar-refractivity contribution in [3.63, 3.8) is 0 Å². The number of hydrogen-bond acceptors (Lipinski definition) is 4. The van der Waals surface area contributed by atoms with Crippen molar-refractivity contribution in [1.29, 1.82) is 0 Å². The Morgan fingerprint density at radius 2 is 1.89 bits per heavy atom. The van der Waals surface area contributed by atoms with E-state index in [1.54, 1.807) is 11.9 Å². The maximum absolute atomic E-state index is 11.1. The Labute approximate surface area is 114 Å². The number of likely N-dealkylation sites (N-methyl/N-ethyl adjacent to an activating group) is 1. The predicted octanol–water partition coefficient (Wildman–Crippen LogP) is 0.623. The van der Waals surface area contributed by atoms with E-state index in [1.165, 1.54) is 5.01 Å². The molecule has 0 aromatic heterocycles. The zero-order valence-corrected chi connectivity index (χ0v) is 11.2. The Morgan fingerprint density at radius 1 is 1.21 bits per heavy atom. The van der Waals surface area contributed by atoms with Gasteiger partial charge in [0.1, 0.15) is 6.29 Å². The molecule has 1 rings (SSSR count). The molecule has 0 bridgehead atoms. The number of rotatable bonds is 9. The SMILES string of the molecule is CN(N)CCN(C=O)CC(CC=O)c1ccccc1. The highest BCUT2D eigenvalue weighted by Gasteiger charge is 2.15. The molecule has 5 heteroatoms. The van der Waals surface area contributed by atoms with Crippen molar-refractivity contribution < 1.29 is 9.59 Å². The standard InChI is InChI=1S/C14H21N3O2/c1-16(15)8-9-17(12-19)11-14(7-10-18)13-5-3-2-4-6-13/h2-6,10,12,14H,7-9,11,15H2,1H3. The summed E-state index contributed by atoms with van der Waals surface area (Å²) in [5.74, 6) is 5.56. The Hall–Kier alpha value is -1.72. The van der Waals surface area contributed by atoms with Crippen LogP contribution in [0.1, 0.15) is 17.9 Å². The average Bonchev–Trinajstić information content (AvgIpc) is 2.43. The maximum Gasteiger partial charge on any atom is 0.209 e. The quantitative estimate of drug-likeness (QED) is 0.403. The van der Waals surface area contributed by atoms with Crippen LogP contribution in [-0.4, -0.2) is 49.3 Å². The predicted molar refractivity (Wildman–Crippen MR) is 74.3 cm³/mol. The average molecular weight is 263 g/mol. The topological polar surface area (TPSA) is 66.6 Å². The lowest BCUT2D eigenvalue weighted by Crippen LogP contribution is -2.37. The first-order chi connectivity index (χ1) is 9.17. The third-order valence-corrected chi connectivity index (χ3v) is 3.00. The number of hydrazine groups is 1. The molecule has 1 unspecified atom stereocenters. The molecule has 0 aliphatic heterocycles. The van der Waals surface area contributed by atoms with Crippen LogP contribution >= 0.6 is 0 Å². The van der Waals surface area contributed by atoms with Crippen LogP contribution < -0.4 is 5.84 Å². The lowest BCUT2D eigenvalue weighted by molar-refractivity contribution is -0.119. The zero-order valence-electron chi connectivity index (χ0n) is 11.2. The van der Waals surface area contributed by atoms with Gasteiger partial charge in [0.2, 0.25) is 6.41 Å². The highest BCUT2D eigenvalue weighted by molar-refractivity contribution is 5.53. The maximum atomic E-state index is 11.1. The van der Waals surface area contributed by atoms with Gasteiger partial charge in [0.05, 0.1) is 0 Å². The van der Waals surface area contributed by atoms with E-state index in [1.807, 2.05) is 30.3 Å². The van der Waals surface area contributed by atoms with Crippen LogP contribution in [0.25, 0.3) is 0 Å². The fourth-order valence-electron chi connectivity index (χ4n) is 1.91. The minimum atomic E-state index is 0.0342. The van der Waals surface area contributed by atoms with Crippen molar-refractivity contribution in [2.24, 2.45) is 5.84 Å². The van der Waals surface area contributed by atoms with Gasteiger partial charge in [-0.25, -0.2) is 5.01 Å². The fraction of sp³-hybridized carbons (Fsp3) is 0.429. The van der Waals surface area contributed by atoms with Gasteiger partial charge in [-0.05, 0) is 5.56 Å². The minimum Gasteiger partial charge on any atom is -0.343 e. The summed E-state index contributed by atoms with van der Waals surface area (Å²) >= 11 is 0. The van der Waals surface area contributed by atoms with Crippen LogP contribution in [0.4, 0.5) is 0 Å². The van der Waals surface area contributed by atoms with Crippen molar-refractivity contribution in [2.75, 3.05) is 26.7 Å². The summed E-state index contributed by atoms with van der Waals surface area (Å²) in [7, 11) is 1.75. The summed E-state index contributed by atoms with van der Waals surface area (Å²) in [5, 5.41) is 1.54. The number of nitrogens with zero attached hydrogens (tertiary/aromatic N) is 2. The molecule has 0 fully saturated rings. The van der Waals surface area contributed by atoms with Gasteiger partial charge in [0.25, 0.3) is 0 Å². The van der Waals surface area contributed by atoms with E-state index in [-0.39, 0.29) is 5.92 Å². The number of aldehydes is 1. The fourth-order valence-corrected chi connectivity index (χ4v) is 1.91. The van der Waals surface area contributed by atoms with E-state index in [9.17, 15) is 9.59 Å². The zero-order chi connectivity index (χ0) is 14.1. The van der Waals surface area contributed by atoms with Gasteiger partial charge in [-0.3, -0.25) is 10.6 Å². The number of benzene rings is 1. The number of hydrogen-bond donors (Lipinski definition) is 1. The molecule has 0 heterocycles. The highest BCUT2D eigenvalue weighted by atomic mass is 16.1. The van der Waals surface area contributed by atoms with Gasteiger partial charge >= 0.3 is 0 Å². The van der Waals surface area contributed by atoms with Crippen molar-refractivity contribution in [3.8, 4) is 0 Å². The first-order valence-corrected chi connectivity index (χ1v) is 6.31. The summed E-state index contributed by atoms with van der Waals surface area (Å²) in [6, 6.07) is 9.76. The Balaban J connectivity index is 2.66. The molecule has 5 nitrogen and oxygen atoms in total. The summed E-state index contributed by atoms with van der Waals surface area (Å²) in [6.07, 6.45) is 2.12. The number of nitrogens with two attached hydrogens (primary N) is 1. The molecule has 0 saturated heterocycles. The van der Waals surface area contributed by atoms with Crippen LogP contribution in [0.3, 0.4) is 0 Å². The molecule has 0 aliphatic rings. The minimum absolute atomic E-state index is 0.0342. The Morgan fingerprint density at radius 3 is 2.42 bits per heavy atom. The van der Waals surface area contributed by atoms with E-state index in [0.717, 1.165) is 18.3 Å². The lowest BCUT2D eigenvalue weighted by Gasteiger charge is -2.24. The third kappa shape index (κ3) is 5.63. The van der Waals surface area contributed by atoms with E-state index >= 15 is 0 Å². The van der Waals surface area contributed by atoms with E-state index in [0.29, 0.717) is 26.1 Å². The second-order valence-corrected chi connectivity index (χ2v) is 4.59. The van der Waals surface area contributed by atoms with E-state index in [4.69, 9.17) is 5.84 Å². The summed E-state index contributed by atoms with van der Waals surface area (Å²) in [6.45, 7) is 1.68. The van der Waals surface area contributed by atoms with Crippen molar-refractivity contribution in [2.45, 2.75) is 12.3 Å². The molecular formula is C14H21N3O2. The third-order valence-electron chi connectivity index (χ3n) is 3.00. The van der Waals surface area contributed by atoms with Crippen LogP contribution in [0.15, 0.2) is 30.3 Å². The van der Waals surface area contributed by atoms with Gasteiger partial charge < -0.3 is 9.69 Å². The smallest absolute Gasteiger partial charge is 0.209 e. The van der Waals surface area contributed by atoms with Crippen molar-refractivity contribution in [3.05, 3.63) is 35.9 Å². The van der Waals surface area contributed by atoms with Crippen LogP contribution in [0.2, 0.25) is 0 Å². The van der Waals surface area contributed by atoms with Gasteiger partial charge in [-0.2, -0.15) is 0 Å². The molecule has 104 valence electrons. The molecule has 19 heavy (non-hydrogen) atoms. The molecule has 0 radical (unpaired) electrons. The summed E-state index contributed by atoms with van der Waals surface area (Å²) in [5.41, 5.74) is 1.07. The number of amides is 1. The lowest BCUT2D eigenvalue weighted by atomic mass is 9.96. The molecule has 1 aromatic carbocycles. The summed E-state index contributed by atoms with van der Waals surface area (Å²) in [4.78, 5) is 23.5. The summed E-state index contributed by atoms with van der Waals surface area (Å²) < 4.78 is 0. The first kappa shape index (κ1) is 15.3. The molecule has 1 amide bonds. The largest absolute Gasteiger partial charge is 0.343 e. The molecule has 0 saturated carbocycles. The Kier molecular flexibility index (Phi) is 6.78. The van der Waals surface area contributed by atoms with Crippen molar-refractivity contribution in [1.82, 2.24) is 9.91 Å². The normalized spacial score (nSPS) is 12.2. The Bertz CT molecular complexity index is 382. The van der Waals surface area contributed by atoms with E-state index < -0.39 is 0 Å². The van der Waals surface area contributed by atoms with Gasteiger partial charge in [0, 0.05) is 39.0 Å².